The molecule has 0 heterocycles. The van der Waals surface area contributed by atoms with Crippen molar-refractivity contribution in [2.75, 3.05) is 39.6 Å². The van der Waals surface area contributed by atoms with Gasteiger partial charge in [-0.05, 0) is 51.4 Å². The second kappa shape index (κ2) is 67.1. The van der Waals surface area contributed by atoms with E-state index in [1.807, 2.05) is 0 Å². The van der Waals surface area contributed by atoms with Gasteiger partial charge in [-0.1, -0.05) is 309 Å². The van der Waals surface area contributed by atoms with E-state index >= 15 is 0 Å². The molecule has 3 N–H and O–H groups in total. The number of aliphatic hydroxyl groups excluding tert-OH is 1. The average molecular weight is 1350 g/mol. The van der Waals surface area contributed by atoms with Crippen LogP contribution in [0.1, 0.15) is 362 Å². The molecule has 0 aliphatic heterocycles. The molecule has 92 heavy (non-hydrogen) atoms. The number of ether oxygens (including phenoxy) is 4. The Morgan fingerprint density at radius 1 is 0.304 bits per heavy atom. The monoisotopic (exact) mass is 1350 g/mol. The zero-order valence-corrected chi connectivity index (χ0v) is 60.8. The van der Waals surface area contributed by atoms with E-state index in [2.05, 4.69) is 52.0 Å². The highest BCUT2D eigenvalue weighted by molar-refractivity contribution is 7.47. The number of hydrogen-bond donors (Lipinski definition) is 3. The van der Waals surface area contributed by atoms with Crippen LogP contribution in [0.2, 0.25) is 0 Å². The summed E-state index contributed by atoms with van der Waals surface area (Å²) in [6.07, 6.45) is 58.8. The zero-order chi connectivity index (χ0) is 67.5. The first-order valence-corrected chi connectivity index (χ1v) is 40.6. The number of phosphoric ester groups is 2. The Morgan fingerprint density at radius 2 is 0.522 bits per heavy atom. The Labute approximate surface area is 561 Å². The first-order chi connectivity index (χ1) is 44.7. The molecule has 0 aromatic carbocycles. The molecule has 542 valence electrons. The van der Waals surface area contributed by atoms with Gasteiger partial charge in [0.15, 0.2) is 12.2 Å². The Bertz CT molecular complexity index is 1850. The third-order valence-electron chi connectivity index (χ3n) is 16.5. The fourth-order valence-corrected chi connectivity index (χ4v) is 12.3. The van der Waals surface area contributed by atoms with Gasteiger partial charge < -0.3 is 33.8 Å². The Balaban J connectivity index is 5.29. The molecule has 0 aromatic heterocycles. The number of phosphoric acid groups is 2. The Kier molecular flexibility index (Phi) is 65.3. The van der Waals surface area contributed by atoms with Gasteiger partial charge in [0.25, 0.3) is 0 Å². The van der Waals surface area contributed by atoms with Crippen LogP contribution < -0.4 is 0 Å². The van der Waals surface area contributed by atoms with Crippen molar-refractivity contribution in [2.45, 2.75) is 380 Å². The molecule has 0 saturated carbocycles. The zero-order valence-electron chi connectivity index (χ0n) is 59.0. The lowest BCUT2D eigenvalue weighted by molar-refractivity contribution is -0.161. The van der Waals surface area contributed by atoms with E-state index in [1.165, 1.54) is 180 Å². The highest BCUT2D eigenvalue weighted by atomic mass is 31.2. The van der Waals surface area contributed by atoms with Crippen molar-refractivity contribution in [3.05, 3.63) is 24.3 Å². The van der Waals surface area contributed by atoms with E-state index in [9.17, 15) is 43.2 Å². The van der Waals surface area contributed by atoms with E-state index in [1.54, 1.807) is 0 Å². The van der Waals surface area contributed by atoms with Crippen LogP contribution in [0.3, 0.4) is 0 Å². The predicted molar refractivity (Wildman–Crippen MR) is 372 cm³/mol. The lowest BCUT2D eigenvalue weighted by Crippen LogP contribution is -2.30. The summed E-state index contributed by atoms with van der Waals surface area (Å²) in [5.41, 5.74) is 0. The Morgan fingerprint density at radius 3 is 0.793 bits per heavy atom. The summed E-state index contributed by atoms with van der Waals surface area (Å²) in [6, 6.07) is 0. The number of aliphatic hydroxyl groups is 1. The van der Waals surface area contributed by atoms with Crippen LogP contribution >= 0.6 is 15.6 Å². The molecule has 0 aliphatic rings. The van der Waals surface area contributed by atoms with Crippen LogP contribution in [-0.2, 0) is 65.4 Å². The smallest absolute Gasteiger partial charge is 0.462 e. The maximum Gasteiger partial charge on any atom is 0.472 e. The molecule has 2 unspecified atom stereocenters. The molecule has 0 fully saturated rings. The van der Waals surface area contributed by atoms with Gasteiger partial charge in [0, 0.05) is 25.7 Å². The summed E-state index contributed by atoms with van der Waals surface area (Å²) in [5.74, 6) is -2.15. The number of esters is 4. The summed E-state index contributed by atoms with van der Waals surface area (Å²) in [4.78, 5) is 72.6. The van der Waals surface area contributed by atoms with Gasteiger partial charge in [-0.25, -0.2) is 9.13 Å². The molecular weight excluding hydrogens is 1210 g/mol. The summed E-state index contributed by atoms with van der Waals surface area (Å²) >= 11 is 0. The van der Waals surface area contributed by atoms with E-state index in [4.69, 9.17) is 37.0 Å². The van der Waals surface area contributed by atoms with Crippen molar-refractivity contribution in [1.29, 1.82) is 0 Å². The minimum absolute atomic E-state index is 0.0859. The minimum atomic E-state index is -4.96. The number of rotatable bonds is 72. The van der Waals surface area contributed by atoms with Crippen molar-refractivity contribution < 1.29 is 80.2 Å². The normalized spacial score (nSPS) is 14.1. The number of hydrogen-bond acceptors (Lipinski definition) is 15. The molecule has 0 amide bonds. The van der Waals surface area contributed by atoms with Crippen LogP contribution in [0.5, 0.6) is 0 Å². The van der Waals surface area contributed by atoms with Gasteiger partial charge >= 0.3 is 39.5 Å². The van der Waals surface area contributed by atoms with Crippen molar-refractivity contribution in [1.82, 2.24) is 0 Å². The van der Waals surface area contributed by atoms with Gasteiger partial charge in [-0.2, -0.15) is 0 Å². The summed E-state index contributed by atoms with van der Waals surface area (Å²) in [6.45, 7) is 4.90. The largest absolute Gasteiger partial charge is 0.472 e. The van der Waals surface area contributed by atoms with E-state index < -0.39 is 97.5 Å². The summed E-state index contributed by atoms with van der Waals surface area (Å²) < 4.78 is 68.4. The molecule has 0 radical (unpaired) electrons. The van der Waals surface area contributed by atoms with Crippen LogP contribution in [0.4, 0.5) is 0 Å². The van der Waals surface area contributed by atoms with Gasteiger partial charge in [-0.15, -0.1) is 0 Å². The predicted octanol–water partition coefficient (Wildman–Crippen LogP) is 21.0. The summed E-state index contributed by atoms with van der Waals surface area (Å²) in [7, 11) is -9.91. The standard InChI is InChI=1S/C73H138O17P2/c1-5-9-13-17-21-25-29-32-34-36-40-44-48-52-56-60-73(78)90-69(64-84-71(76)58-54-50-46-42-39-35-33-30-26-22-18-14-10-6-2)66-88-92(81,82)86-62-67(74)61-85-91(79,80)87-65-68(63-83-70(75)57-53-49-45-41-37-28-24-20-16-12-8-4)89-72(77)59-55-51-47-43-38-31-27-23-19-15-11-7-3/h25,29,32,34,67-69,74H,5-24,26-28,30-31,33,35-66H2,1-4H3,(H,79,80)(H,81,82)/b29-25-,34-32-/t67-,68+,69+/m0/s1. The number of carbonyl (C=O) groups excluding carboxylic acids is 4. The molecule has 0 saturated heterocycles. The number of allylic oxidation sites excluding steroid dienone is 4. The minimum Gasteiger partial charge on any atom is -0.462 e. The molecule has 0 bridgehead atoms. The first kappa shape index (κ1) is 89.5. The third kappa shape index (κ3) is 66.2. The second-order valence-electron chi connectivity index (χ2n) is 25.6. The fraction of sp³-hybridized carbons (Fsp3) is 0.890. The molecule has 0 aromatic rings. The van der Waals surface area contributed by atoms with Gasteiger partial charge in [0.05, 0.1) is 26.4 Å². The SMILES string of the molecule is CCCCCC/C=C\C=C/CCCCCCCC(=O)O[C@H](COC(=O)CCCCCCCCCCCCCCCC)COP(=O)(O)OC[C@@H](O)COP(=O)(O)OC[C@@H](COC(=O)CCCCCCCCCCCCC)OC(=O)CCCCCCCCCCCCCC. The van der Waals surface area contributed by atoms with Gasteiger partial charge in [0.2, 0.25) is 0 Å². The Hall–Kier alpha value is -2.46. The van der Waals surface area contributed by atoms with E-state index in [0.717, 1.165) is 103 Å². The molecule has 19 heteroatoms. The molecule has 0 rings (SSSR count). The molecule has 0 spiro atoms. The van der Waals surface area contributed by atoms with Gasteiger partial charge in [0.1, 0.15) is 19.3 Å². The molecule has 5 atom stereocenters. The lowest BCUT2D eigenvalue weighted by Gasteiger charge is -2.21. The van der Waals surface area contributed by atoms with E-state index in [-0.39, 0.29) is 25.7 Å². The van der Waals surface area contributed by atoms with Gasteiger partial charge in [-0.3, -0.25) is 37.3 Å². The highest BCUT2D eigenvalue weighted by Gasteiger charge is 2.30. The van der Waals surface area contributed by atoms with Crippen LogP contribution in [0.25, 0.3) is 0 Å². The first-order valence-electron chi connectivity index (χ1n) is 37.6. The van der Waals surface area contributed by atoms with Crippen molar-refractivity contribution in [3.8, 4) is 0 Å². The lowest BCUT2D eigenvalue weighted by atomic mass is 10.0. The molecule has 17 nitrogen and oxygen atoms in total. The summed E-state index contributed by atoms with van der Waals surface area (Å²) in [5, 5.41) is 10.6. The number of unbranched alkanes of at least 4 members (excludes halogenated alkanes) is 43. The van der Waals surface area contributed by atoms with Crippen molar-refractivity contribution >= 4 is 39.5 Å². The third-order valence-corrected chi connectivity index (χ3v) is 18.4. The van der Waals surface area contributed by atoms with Crippen LogP contribution in [0, 0.1) is 0 Å². The fourth-order valence-electron chi connectivity index (χ4n) is 10.7. The van der Waals surface area contributed by atoms with E-state index in [0.29, 0.717) is 25.7 Å². The van der Waals surface area contributed by atoms with Crippen LogP contribution in [0.15, 0.2) is 24.3 Å². The van der Waals surface area contributed by atoms with Crippen molar-refractivity contribution in [3.63, 3.8) is 0 Å². The maximum atomic E-state index is 13.0. The number of carbonyl (C=O) groups is 4. The average Bonchev–Trinajstić information content (AvgIpc) is 3.64. The highest BCUT2D eigenvalue weighted by Crippen LogP contribution is 2.45. The topological polar surface area (TPSA) is 237 Å². The quantitative estimate of drug-likeness (QED) is 0.0169. The van der Waals surface area contributed by atoms with Crippen molar-refractivity contribution in [2.24, 2.45) is 0 Å². The maximum absolute atomic E-state index is 13.0. The second-order valence-corrected chi connectivity index (χ2v) is 28.6. The molecular formula is C73H138O17P2. The molecule has 0 aliphatic carbocycles. The van der Waals surface area contributed by atoms with Crippen LogP contribution in [-0.4, -0.2) is 96.7 Å².